The normalized spacial score (nSPS) is 12.7. The zero-order chi connectivity index (χ0) is 16.4. The standard InChI is InChI=1S/C18H18ClFN2S/c1-3-22-16-7-5-4-6-15(16)17(20)18(22)12(2)21-23-14-10-8-13(19)9-11-14/h4-12,21H,3H2,1-2H3. The lowest BCUT2D eigenvalue weighted by molar-refractivity contribution is 0.556. The Morgan fingerprint density at radius 2 is 1.87 bits per heavy atom. The summed E-state index contributed by atoms with van der Waals surface area (Å²) in [6.45, 7) is 4.75. The summed E-state index contributed by atoms with van der Waals surface area (Å²) in [6, 6.07) is 15.1. The summed E-state index contributed by atoms with van der Waals surface area (Å²) >= 11 is 7.37. The molecule has 0 fully saturated rings. The zero-order valence-corrected chi connectivity index (χ0v) is 14.6. The molecule has 3 aromatic rings. The summed E-state index contributed by atoms with van der Waals surface area (Å²) in [4.78, 5) is 1.04. The van der Waals surface area contributed by atoms with E-state index in [4.69, 9.17) is 11.6 Å². The van der Waals surface area contributed by atoms with Gasteiger partial charge in [-0.25, -0.2) is 4.39 Å². The van der Waals surface area contributed by atoms with Gasteiger partial charge in [0.1, 0.15) is 0 Å². The highest BCUT2D eigenvalue weighted by Crippen LogP contribution is 2.30. The number of nitrogens with zero attached hydrogens (tertiary/aromatic N) is 1. The quantitative estimate of drug-likeness (QED) is 0.586. The van der Waals surface area contributed by atoms with E-state index >= 15 is 0 Å². The largest absolute Gasteiger partial charge is 0.341 e. The van der Waals surface area contributed by atoms with Crippen molar-refractivity contribution in [3.05, 3.63) is 65.1 Å². The molecular weight excluding hydrogens is 331 g/mol. The lowest BCUT2D eigenvalue weighted by atomic mass is 10.2. The molecule has 0 bridgehead atoms. The lowest BCUT2D eigenvalue weighted by Crippen LogP contribution is -2.16. The molecular formula is C18H18ClFN2S. The molecule has 1 heterocycles. The van der Waals surface area contributed by atoms with Crippen molar-refractivity contribution in [3.8, 4) is 0 Å². The number of halogens is 2. The van der Waals surface area contributed by atoms with Crippen LogP contribution in [-0.4, -0.2) is 4.57 Å². The first-order valence-corrected chi connectivity index (χ1v) is 8.75. The van der Waals surface area contributed by atoms with E-state index in [1.807, 2.05) is 66.9 Å². The molecule has 1 atom stereocenters. The van der Waals surface area contributed by atoms with E-state index < -0.39 is 0 Å². The number of para-hydroxylation sites is 1. The topological polar surface area (TPSA) is 17.0 Å². The molecule has 0 aliphatic carbocycles. The molecule has 23 heavy (non-hydrogen) atoms. The Labute approximate surface area is 144 Å². The van der Waals surface area contributed by atoms with Gasteiger partial charge in [0.25, 0.3) is 0 Å². The summed E-state index contributed by atoms with van der Waals surface area (Å²) in [5.74, 6) is -0.140. The fourth-order valence-electron chi connectivity index (χ4n) is 2.76. The Balaban J connectivity index is 1.87. The smallest absolute Gasteiger partial charge is 0.153 e. The molecule has 1 N–H and O–H groups in total. The van der Waals surface area contributed by atoms with E-state index in [0.717, 1.165) is 17.0 Å². The molecule has 1 unspecified atom stereocenters. The highest BCUT2D eigenvalue weighted by Gasteiger charge is 2.21. The monoisotopic (exact) mass is 348 g/mol. The SMILES string of the molecule is CCn1c(C(C)NSc2ccc(Cl)cc2)c(F)c2ccccc21. The summed E-state index contributed by atoms with van der Waals surface area (Å²) in [6.07, 6.45) is 0. The molecule has 5 heteroatoms. The van der Waals surface area contributed by atoms with Gasteiger partial charge < -0.3 is 4.57 Å². The molecule has 1 aromatic heterocycles. The van der Waals surface area contributed by atoms with Gasteiger partial charge in [-0.05, 0) is 62.2 Å². The van der Waals surface area contributed by atoms with Gasteiger partial charge in [-0.3, -0.25) is 4.72 Å². The number of hydrogen-bond acceptors (Lipinski definition) is 2. The van der Waals surface area contributed by atoms with E-state index in [-0.39, 0.29) is 11.9 Å². The Morgan fingerprint density at radius 1 is 1.17 bits per heavy atom. The van der Waals surface area contributed by atoms with Crippen molar-refractivity contribution in [2.24, 2.45) is 0 Å². The highest BCUT2D eigenvalue weighted by atomic mass is 35.5. The number of aryl methyl sites for hydroxylation is 1. The first-order chi connectivity index (χ1) is 11.1. The van der Waals surface area contributed by atoms with Gasteiger partial charge in [-0.2, -0.15) is 0 Å². The van der Waals surface area contributed by atoms with Crippen molar-refractivity contribution in [2.75, 3.05) is 0 Å². The molecule has 0 spiro atoms. The summed E-state index contributed by atoms with van der Waals surface area (Å²) < 4.78 is 20.2. The van der Waals surface area contributed by atoms with Crippen LogP contribution in [0.3, 0.4) is 0 Å². The van der Waals surface area contributed by atoms with Crippen LogP contribution in [0.1, 0.15) is 25.6 Å². The average Bonchev–Trinajstić information content (AvgIpc) is 2.86. The third kappa shape index (κ3) is 3.25. The average molecular weight is 349 g/mol. The van der Waals surface area contributed by atoms with Gasteiger partial charge in [0.2, 0.25) is 0 Å². The molecule has 0 saturated heterocycles. The molecule has 0 aliphatic heterocycles. The molecule has 2 aromatic carbocycles. The first-order valence-electron chi connectivity index (χ1n) is 7.56. The Morgan fingerprint density at radius 3 is 2.57 bits per heavy atom. The number of fused-ring (bicyclic) bond motifs is 1. The van der Waals surface area contributed by atoms with Crippen LogP contribution in [0.5, 0.6) is 0 Å². The van der Waals surface area contributed by atoms with Gasteiger partial charge in [0.05, 0.1) is 17.3 Å². The maximum atomic E-state index is 14.8. The molecule has 0 aliphatic rings. The summed E-state index contributed by atoms with van der Waals surface area (Å²) in [7, 11) is 0. The second kappa shape index (κ2) is 6.95. The molecule has 0 amide bonds. The molecule has 120 valence electrons. The second-order valence-corrected chi connectivity index (χ2v) is 6.70. The van der Waals surface area contributed by atoms with Crippen molar-refractivity contribution in [1.82, 2.24) is 9.29 Å². The maximum Gasteiger partial charge on any atom is 0.153 e. The number of hydrogen-bond donors (Lipinski definition) is 1. The van der Waals surface area contributed by atoms with Gasteiger partial charge in [0.15, 0.2) is 5.82 Å². The van der Waals surface area contributed by atoms with Crippen LogP contribution in [-0.2, 0) is 6.54 Å². The zero-order valence-electron chi connectivity index (χ0n) is 13.0. The van der Waals surface area contributed by atoms with E-state index in [1.165, 1.54) is 11.9 Å². The van der Waals surface area contributed by atoms with E-state index in [1.54, 1.807) is 0 Å². The molecule has 3 rings (SSSR count). The maximum absolute atomic E-state index is 14.8. The Bertz CT molecular complexity index is 814. The van der Waals surface area contributed by atoms with Crippen LogP contribution in [0, 0.1) is 5.82 Å². The minimum Gasteiger partial charge on any atom is -0.341 e. The number of aromatic nitrogens is 1. The van der Waals surface area contributed by atoms with Crippen LogP contribution in [0.15, 0.2) is 53.4 Å². The second-order valence-electron chi connectivity index (χ2n) is 5.36. The van der Waals surface area contributed by atoms with Gasteiger partial charge in [-0.15, -0.1) is 0 Å². The number of nitrogens with one attached hydrogen (secondary N) is 1. The van der Waals surface area contributed by atoms with Gasteiger partial charge in [-0.1, -0.05) is 23.7 Å². The fraction of sp³-hybridized carbons (Fsp3) is 0.222. The van der Waals surface area contributed by atoms with Crippen LogP contribution in [0.4, 0.5) is 4.39 Å². The van der Waals surface area contributed by atoms with Crippen LogP contribution >= 0.6 is 23.5 Å². The highest BCUT2D eigenvalue weighted by molar-refractivity contribution is 7.97. The third-order valence-electron chi connectivity index (χ3n) is 3.84. The fourth-order valence-corrected chi connectivity index (χ4v) is 3.58. The minimum atomic E-state index is -0.140. The van der Waals surface area contributed by atoms with Crippen molar-refractivity contribution < 1.29 is 4.39 Å². The van der Waals surface area contributed by atoms with Crippen molar-refractivity contribution in [3.63, 3.8) is 0 Å². The van der Waals surface area contributed by atoms with Gasteiger partial charge >= 0.3 is 0 Å². The van der Waals surface area contributed by atoms with E-state index in [9.17, 15) is 4.39 Å². The lowest BCUT2D eigenvalue weighted by Gasteiger charge is -2.16. The number of rotatable bonds is 5. The van der Waals surface area contributed by atoms with Crippen LogP contribution in [0.2, 0.25) is 5.02 Å². The Kier molecular flexibility index (Phi) is 4.95. The van der Waals surface area contributed by atoms with Crippen molar-refractivity contribution in [2.45, 2.75) is 31.3 Å². The first kappa shape index (κ1) is 16.4. The molecule has 0 saturated carbocycles. The van der Waals surface area contributed by atoms with E-state index in [2.05, 4.69) is 4.72 Å². The third-order valence-corrected chi connectivity index (χ3v) is 5.07. The summed E-state index contributed by atoms with van der Waals surface area (Å²) in [5, 5.41) is 1.38. The van der Waals surface area contributed by atoms with Crippen molar-refractivity contribution in [1.29, 1.82) is 0 Å². The van der Waals surface area contributed by atoms with Crippen LogP contribution in [0.25, 0.3) is 10.9 Å². The predicted molar refractivity (Wildman–Crippen MR) is 96.4 cm³/mol. The number of benzene rings is 2. The van der Waals surface area contributed by atoms with Crippen LogP contribution < -0.4 is 4.72 Å². The van der Waals surface area contributed by atoms with E-state index in [0.29, 0.717) is 16.1 Å². The molecule has 0 radical (unpaired) electrons. The minimum absolute atomic E-state index is 0.122. The van der Waals surface area contributed by atoms with Gasteiger partial charge in [0, 0.05) is 21.8 Å². The molecule has 2 nitrogen and oxygen atoms in total. The summed E-state index contributed by atoms with van der Waals surface area (Å²) in [5.41, 5.74) is 1.63. The predicted octanol–water partition coefficient (Wildman–Crippen LogP) is 5.81. The van der Waals surface area contributed by atoms with Crippen molar-refractivity contribution >= 4 is 34.5 Å². The Hall–Kier alpha value is -1.49.